The lowest BCUT2D eigenvalue weighted by Crippen LogP contribution is -2.47. The molecule has 0 aromatic carbocycles. The highest BCUT2D eigenvalue weighted by molar-refractivity contribution is 7.99. The van der Waals surface area contributed by atoms with E-state index in [2.05, 4.69) is 0 Å². The van der Waals surface area contributed by atoms with E-state index < -0.39 is 30.6 Å². The summed E-state index contributed by atoms with van der Waals surface area (Å²) in [5.41, 5.74) is 0.347. The summed E-state index contributed by atoms with van der Waals surface area (Å²) in [5.74, 6) is -0.472. The van der Waals surface area contributed by atoms with Gasteiger partial charge in [0.05, 0.1) is 22.7 Å². The fraction of sp³-hybridized carbons (Fsp3) is 0.500. The van der Waals surface area contributed by atoms with Crippen molar-refractivity contribution in [1.29, 1.82) is 0 Å². The molecule has 5 nitrogen and oxygen atoms in total. The van der Waals surface area contributed by atoms with Crippen molar-refractivity contribution in [1.82, 2.24) is 9.47 Å². The standard InChI is InChI=1S/C16H17F3N2O3S2/c1-9-4-11-13(26-9)6-12(21(11)8-16(17,18)19)15(24)20-2-3-25-7-10(20)5-14(22)23/h4,6,10H,2-3,5,7-8H2,1H3,(H,22,23). The Morgan fingerprint density at radius 1 is 1.35 bits per heavy atom. The van der Waals surface area contributed by atoms with Gasteiger partial charge in [-0.1, -0.05) is 0 Å². The van der Waals surface area contributed by atoms with E-state index in [1.54, 1.807) is 24.8 Å². The van der Waals surface area contributed by atoms with E-state index in [9.17, 15) is 22.8 Å². The molecule has 1 aliphatic heterocycles. The minimum atomic E-state index is -4.46. The van der Waals surface area contributed by atoms with Crippen LogP contribution < -0.4 is 0 Å². The predicted octanol–water partition coefficient (Wildman–Crippen LogP) is 3.61. The molecule has 3 rings (SSSR count). The summed E-state index contributed by atoms with van der Waals surface area (Å²) in [6.45, 7) is 0.875. The number of thioether (sulfide) groups is 1. The topological polar surface area (TPSA) is 62.5 Å². The van der Waals surface area contributed by atoms with Crippen molar-refractivity contribution in [2.24, 2.45) is 0 Å². The fourth-order valence-electron chi connectivity index (χ4n) is 3.13. The molecule has 2 aromatic heterocycles. The summed E-state index contributed by atoms with van der Waals surface area (Å²) in [6.07, 6.45) is -4.68. The van der Waals surface area contributed by atoms with E-state index in [4.69, 9.17) is 5.11 Å². The molecular weight excluding hydrogens is 389 g/mol. The summed E-state index contributed by atoms with van der Waals surface area (Å²) < 4.78 is 40.8. The van der Waals surface area contributed by atoms with Crippen LogP contribution in [0.15, 0.2) is 12.1 Å². The van der Waals surface area contributed by atoms with Crippen molar-refractivity contribution in [2.75, 3.05) is 18.1 Å². The second-order valence-electron chi connectivity index (χ2n) is 6.16. The molecule has 2 aromatic rings. The number of aliphatic carboxylic acids is 1. The molecule has 1 unspecified atom stereocenters. The predicted molar refractivity (Wildman–Crippen MR) is 95.0 cm³/mol. The van der Waals surface area contributed by atoms with Crippen LogP contribution in [-0.2, 0) is 11.3 Å². The van der Waals surface area contributed by atoms with Crippen molar-refractivity contribution in [3.8, 4) is 0 Å². The van der Waals surface area contributed by atoms with Gasteiger partial charge in [0.1, 0.15) is 12.2 Å². The summed E-state index contributed by atoms with van der Waals surface area (Å²) >= 11 is 2.87. The van der Waals surface area contributed by atoms with Gasteiger partial charge in [0.15, 0.2) is 0 Å². The third-order valence-corrected chi connectivity index (χ3v) is 6.25. The number of nitrogens with zero attached hydrogens (tertiary/aromatic N) is 2. The molecule has 1 saturated heterocycles. The highest BCUT2D eigenvalue weighted by Crippen LogP contribution is 2.33. The van der Waals surface area contributed by atoms with Crippen LogP contribution in [0.25, 0.3) is 10.2 Å². The van der Waals surface area contributed by atoms with Crippen LogP contribution in [0.1, 0.15) is 21.8 Å². The van der Waals surface area contributed by atoms with Crippen molar-refractivity contribution in [3.05, 3.63) is 22.7 Å². The molecule has 0 saturated carbocycles. The first-order valence-electron chi connectivity index (χ1n) is 7.92. The van der Waals surface area contributed by atoms with Crippen LogP contribution in [-0.4, -0.2) is 56.7 Å². The van der Waals surface area contributed by atoms with E-state index in [1.165, 1.54) is 22.3 Å². The molecule has 10 heteroatoms. The van der Waals surface area contributed by atoms with Crippen molar-refractivity contribution >= 4 is 45.2 Å². The molecule has 26 heavy (non-hydrogen) atoms. The van der Waals surface area contributed by atoms with Crippen LogP contribution >= 0.6 is 23.1 Å². The van der Waals surface area contributed by atoms with E-state index in [-0.39, 0.29) is 12.1 Å². The zero-order chi connectivity index (χ0) is 19.1. The molecule has 142 valence electrons. The van der Waals surface area contributed by atoms with Gasteiger partial charge >= 0.3 is 12.1 Å². The Morgan fingerprint density at radius 2 is 2.08 bits per heavy atom. The van der Waals surface area contributed by atoms with Gasteiger partial charge in [0.2, 0.25) is 0 Å². The molecule has 1 fully saturated rings. The second kappa shape index (κ2) is 7.15. The largest absolute Gasteiger partial charge is 0.481 e. The van der Waals surface area contributed by atoms with Gasteiger partial charge in [-0.05, 0) is 19.1 Å². The van der Waals surface area contributed by atoms with Gasteiger partial charge in [-0.2, -0.15) is 24.9 Å². The summed E-state index contributed by atoms with van der Waals surface area (Å²) in [5, 5.41) is 9.06. The quantitative estimate of drug-likeness (QED) is 0.843. The number of rotatable bonds is 4. The van der Waals surface area contributed by atoms with Crippen LogP contribution in [0.4, 0.5) is 13.2 Å². The van der Waals surface area contributed by atoms with Crippen molar-refractivity contribution < 1.29 is 27.9 Å². The monoisotopic (exact) mass is 406 g/mol. The zero-order valence-electron chi connectivity index (χ0n) is 13.9. The Hall–Kier alpha value is -1.68. The number of halogens is 3. The van der Waals surface area contributed by atoms with Gasteiger partial charge in [0.25, 0.3) is 5.91 Å². The normalized spacial score (nSPS) is 18.5. The third kappa shape index (κ3) is 4.01. The number of amides is 1. The van der Waals surface area contributed by atoms with Gasteiger partial charge in [0, 0.05) is 22.9 Å². The molecule has 3 heterocycles. The molecular formula is C16H17F3N2O3S2. The van der Waals surface area contributed by atoms with Crippen LogP contribution in [0.5, 0.6) is 0 Å². The van der Waals surface area contributed by atoms with E-state index >= 15 is 0 Å². The summed E-state index contributed by atoms with van der Waals surface area (Å²) in [6, 6.07) is 2.61. The van der Waals surface area contributed by atoms with E-state index in [0.29, 0.717) is 28.3 Å². The zero-order valence-corrected chi connectivity index (χ0v) is 15.5. The smallest absolute Gasteiger partial charge is 0.406 e. The Bertz CT molecular complexity index is 844. The highest BCUT2D eigenvalue weighted by Gasteiger charge is 2.35. The molecule has 1 N–H and O–H groups in total. The Labute approximate surface area is 155 Å². The number of alkyl halides is 3. The maximum Gasteiger partial charge on any atom is 0.406 e. The van der Waals surface area contributed by atoms with Crippen LogP contribution in [0.2, 0.25) is 0 Å². The first kappa shape index (κ1) is 19.1. The van der Waals surface area contributed by atoms with Gasteiger partial charge < -0.3 is 14.6 Å². The molecule has 1 atom stereocenters. The molecule has 0 bridgehead atoms. The van der Waals surface area contributed by atoms with Gasteiger partial charge in [-0.25, -0.2) is 0 Å². The van der Waals surface area contributed by atoms with Crippen LogP contribution in [0, 0.1) is 6.92 Å². The van der Waals surface area contributed by atoms with Crippen LogP contribution in [0.3, 0.4) is 0 Å². The number of aromatic nitrogens is 1. The summed E-state index contributed by atoms with van der Waals surface area (Å²) in [7, 11) is 0. The number of carboxylic acids is 1. The molecule has 0 radical (unpaired) electrons. The fourth-order valence-corrected chi connectivity index (χ4v) is 5.16. The molecule has 1 amide bonds. The first-order chi connectivity index (χ1) is 12.2. The summed E-state index contributed by atoms with van der Waals surface area (Å²) in [4.78, 5) is 26.3. The maximum atomic E-state index is 13.1. The number of carboxylic acid groups (broad SMARTS) is 1. The Morgan fingerprint density at radius 3 is 2.73 bits per heavy atom. The number of hydrogen-bond donors (Lipinski definition) is 1. The lowest BCUT2D eigenvalue weighted by Gasteiger charge is -2.34. The number of fused-ring (bicyclic) bond motifs is 1. The molecule has 0 aliphatic carbocycles. The van der Waals surface area contributed by atoms with Gasteiger partial charge in [-0.3, -0.25) is 9.59 Å². The lowest BCUT2D eigenvalue weighted by atomic mass is 10.2. The maximum absolute atomic E-state index is 13.1. The molecule has 1 aliphatic rings. The molecule has 0 spiro atoms. The first-order valence-corrected chi connectivity index (χ1v) is 9.90. The number of carbonyl (C=O) groups excluding carboxylic acids is 1. The minimum absolute atomic E-state index is 0.0362. The highest BCUT2D eigenvalue weighted by atomic mass is 32.2. The minimum Gasteiger partial charge on any atom is -0.481 e. The average Bonchev–Trinajstić information content (AvgIpc) is 3.03. The average molecular weight is 406 g/mol. The van der Waals surface area contributed by atoms with Gasteiger partial charge in [-0.15, -0.1) is 11.3 Å². The Kier molecular flexibility index (Phi) is 5.25. The second-order valence-corrected chi connectivity index (χ2v) is 8.60. The van der Waals surface area contributed by atoms with E-state index in [0.717, 1.165) is 9.44 Å². The SMILES string of the molecule is Cc1cc2c(cc(C(=O)N3CCSCC3CC(=O)O)n2CC(F)(F)F)s1. The third-order valence-electron chi connectivity index (χ3n) is 4.17. The van der Waals surface area contributed by atoms with Crippen molar-refractivity contribution in [3.63, 3.8) is 0 Å². The number of aryl methyl sites for hydroxylation is 1. The number of hydrogen-bond acceptors (Lipinski definition) is 4. The number of thiophene rings is 1. The van der Waals surface area contributed by atoms with E-state index in [1.807, 2.05) is 0 Å². The Balaban J connectivity index is 1.99. The number of carbonyl (C=O) groups is 2. The van der Waals surface area contributed by atoms with Crippen molar-refractivity contribution in [2.45, 2.75) is 32.1 Å². The lowest BCUT2D eigenvalue weighted by molar-refractivity contribution is -0.140.